The van der Waals surface area contributed by atoms with Crippen molar-refractivity contribution >= 4 is 22.7 Å². The van der Waals surface area contributed by atoms with Crippen molar-refractivity contribution in [3.05, 3.63) is 60.2 Å². The standard InChI is InChI=1S/C17H16N4O2/c1-12(22)23-10-13-7-20-17-16(8-18-11-21-17)15(13)9-19-14-5-3-2-4-6-14/h2-8,11,19H,9-10H2,1H3. The van der Waals surface area contributed by atoms with Gasteiger partial charge < -0.3 is 10.1 Å². The summed E-state index contributed by atoms with van der Waals surface area (Å²) in [5.74, 6) is -0.323. The number of pyridine rings is 1. The van der Waals surface area contributed by atoms with E-state index in [1.807, 2.05) is 30.3 Å². The van der Waals surface area contributed by atoms with Gasteiger partial charge in [0.15, 0.2) is 5.65 Å². The fraction of sp³-hybridized carbons (Fsp3) is 0.176. The zero-order chi connectivity index (χ0) is 16.1. The second-order valence-corrected chi connectivity index (χ2v) is 5.02. The Morgan fingerprint density at radius 3 is 2.78 bits per heavy atom. The molecule has 0 spiro atoms. The Kier molecular flexibility index (Phi) is 4.42. The van der Waals surface area contributed by atoms with E-state index in [9.17, 15) is 4.79 Å². The lowest BCUT2D eigenvalue weighted by Crippen LogP contribution is -2.08. The number of carbonyl (C=O) groups excluding carboxylic acids is 1. The van der Waals surface area contributed by atoms with Gasteiger partial charge in [0.2, 0.25) is 0 Å². The summed E-state index contributed by atoms with van der Waals surface area (Å²) in [5.41, 5.74) is 3.44. The average Bonchev–Trinajstić information content (AvgIpc) is 2.59. The Balaban J connectivity index is 1.93. The van der Waals surface area contributed by atoms with Crippen molar-refractivity contribution in [1.82, 2.24) is 15.0 Å². The Hall–Kier alpha value is -3.02. The van der Waals surface area contributed by atoms with E-state index in [-0.39, 0.29) is 12.6 Å². The predicted molar refractivity (Wildman–Crippen MR) is 86.6 cm³/mol. The third-order valence-electron chi connectivity index (χ3n) is 3.42. The van der Waals surface area contributed by atoms with Crippen LogP contribution in [-0.2, 0) is 22.7 Å². The SMILES string of the molecule is CC(=O)OCc1cnc2ncncc2c1CNc1ccccc1. The number of benzene rings is 1. The van der Waals surface area contributed by atoms with Crippen molar-refractivity contribution in [3.63, 3.8) is 0 Å². The molecule has 1 aromatic carbocycles. The van der Waals surface area contributed by atoms with Gasteiger partial charge >= 0.3 is 5.97 Å². The lowest BCUT2D eigenvalue weighted by molar-refractivity contribution is -0.142. The van der Waals surface area contributed by atoms with E-state index in [1.54, 1.807) is 12.4 Å². The highest BCUT2D eigenvalue weighted by Gasteiger charge is 2.11. The summed E-state index contributed by atoms with van der Waals surface area (Å²) in [4.78, 5) is 23.6. The molecule has 0 atom stereocenters. The van der Waals surface area contributed by atoms with Crippen LogP contribution in [0.1, 0.15) is 18.1 Å². The summed E-state index contributed by atoms with van der Waals surface area (Å²) in [7, 11) is 0. The molecular weight excluding hydrogens is 292 g/mol. The van der Waals surface area contributed by atoms with Crippen molar-refractivity contribution in [2.24, 2.45) is 0 Å². The van der Waals surface area contributed by atoms with Crippen LogP contribution in [0.4, 0.5) is 5.69 Å². The fourth-order valence-corrected chi connectivity index (χ4v) is 2.29. The van der Waals surface area contributed by atoms with Gasteiger partial charge in [-0.15, -0.1) is 0 Å². The molecule has 0 unspecified atom stereocenters. The maximum absolute atomic E-state index is 11.1. The van der Waals surface area contributed by atoms with Gasteiger partial charge in [-0.25, -0.2) is 15.0 Å². The van der Waals surface area contributed by atoms with E-state index in [1.165, 1.54) is 13.3 Å². The first-order valence-corrected chi connectivity index (χ1v) is 7.23. The number of nitrogens with one attached hydrogen (secondary N) is 1. The van der Waals surface area contributed by atoms with Gasteiger partial charge in [0.05, 0.1) is 0 Å². The first kappa shape index (κ1) is 14.9. The van der Waals surface area contributed by atoms with E-state index in [0.717, 1.165) is 22.2 Å². The Bertz CT molecular complexity index is 821. The van der Waals surface area contributed by atoms with Crippen molar-refractivity contribution in [2.45, 2.75) is 20.1 Å². The molecule has 0 radical (unpaired) electrons. The molecule has 23 heavy (non-hydrogen) atoms. The lowest BCUT2D eigenvalue weighted by Gasteiger charge is -2.13. The van der Waals surface area contributed by atoms with E-state index in [0.29, 0.717) is 12.2 Å². The molecule has 0 aliphatic heterocycles. The zero-order valence-electron chi connectivity index (χ0n) is 12.7. The Morgan fingerprint density at radius 1 is 1.17 bits per heavy atom. The van der Waals surface area contributed by atoms with Crippen LogP contribution in [0.15, 0.2) is 49.1 Å². The number of ether oxygens (including phenoxy) is 1. The van der Waals surface area contributed by atoms with Crippen LogP contribution in [0.25, 0.3) is 11.0 Å². The summed E-state index contributed by atoms with van der Waals surface area (Å²) < 4.78 is 5.12. The van der Waals surface area contributed by atoms with Gasteiger partial charge in [-0.1, -0.05) is 18.2 Å². The number of anilines is 1. The van der Waals surface area contributed by atoms with Crippen molar-refractivity contribution in [2.75, 3.05) is 5.32 Å². The highest BCUT2D eigenvalue weighted by molar-refractivity contribution is 5.79. The molecule has 0 saturated carbocycles. The molecule has 3 rings (SSSR count). The van der Waals surface area contributed by atoms with Crippen LogP contribution in [0.3, 0.4) is 0 Å². The minimum atomic E-state index is -0.323. The molecule has 2 heterocycles. The average molecular weight is 308 g/mol. The van der Waals surface area contributed by atoms with Crippen LogP contribution in [0.5, 0.6) is 0 Å². The summed E-state index contributed by atoms with van der Waals surface area (Å²) in [6.07, 6.45) is 4.89. The molecule has 0 aliphatic carbocycles. The van der Waals surface area contributed by atoms with Crippen LogP contribution in [0.2, 0.25) is 0 Å². The highest BCUT2D eigenvalue weighted by atomic mass is 16.5. The van der Waals surface area contributed by atoms with Gasteiger partial charge in [-0.2, -0.15) is 0 Å². The van der Waals surface area contributed by atoms with E-state index >= 15 is 0 Å². The second-order valence-electron chi connectivity index (χ2n) is 5.02. The fourth-order valence-electron chi connectivity index (χ4n) is 2.29. The number of para-hydroxylation sites is 1. The van der Waals surface area contributed by atoms with Crippen LogP contribution in [-0.4, -0.2) is 20.9 Å². The number of fused-ring (bicyclic) bond motifs is 1. The number of rotatable bonds is 5. The molecule has 0 amide bonds. The Labute approximate surface area is 133 Å². The summed E-state index contributed by atoms with van der Waals surface area (Å²) in [6, 6.07) is 9.88. The quantitative estimate of drug-likeness (QED) is 0.730. The van der Waals surface area contributed by atoms with Gasteiger partial charge in [0.1, 0.15) is 12.9 Å². The number of nitrogens with zero attached hydrogens (tertiary/aromatic N) is 3. The minimum absolute atomic E-state index is 0.180. The van der Waals surface area contributed by atoms with Crippen molar-refractivity contribution in [1.29, 1.82) is 0 Å². The molecular formula is C17H16N4O2. The minimum Gasteiger partial charge on any atom is -0.461 e. The Morgan fingerprint density at radius 2 is 2.00 bits per heavy atom. The van der Waals surface area contributed by atoms with Gasteiger partial charge in [-0.3, -0.25) is 4.79 Å². The molecule has 0 bridgehead atoms. The smallest absolute Gasteiger partial charge is 0.302 e. The number of aromatic nitrogens is 3. The molecule has 2 aromatic heterocycles. The second kappa shape index (κ2) is 6.83. The lowest BCUT2D eigenvalue weighted by atomic mass is 10.1. The van der Waals surface area contributed by atoms with Crippen LogP contribution in [0, 0.1) is 0 Å². The first-order valence-electron chi connectivity index (χ1n) is 7.23. The predicted octanol–water partition coefficient (Wildman–Crippen LogP) is 2.70. The largest absolute Gasteiger partial charge is 0.461 e. The van der Waals surface area contributed by atoms with Crippen molar-refractivity contribution in [3.8, 4) is 0 Å². The molecule has 1 N–H and O–H groups in total. The van der Waals surface area contributed by atoms with E-state index in [2.05, 4.69) is 20.3 Å². The molecule has 0 fully saturated rings. The van der Waals surface area contributed by atoms with Gasteiger partial charge in [-0.05, 0) is 17.7 Å². The summed E-state index contributed by atoms with van der Waals surface area (Å²) in [5, 5.41) is 4.21. The van der Waals surface area contributed by atoms with Gasteiger partial charge in [0, 0.05) is 42.5 Å². The zero-order valence-corrected chi connectivity index (χ0v) is 12.7. The van der Waals surface area contributed by atoms with E-state index in [4.69, 9.17) is 4.74 Å². The highest BCUT2D eigenvalue weighted by Crippen LogP contribution is 2.21. The monoisotopic (exact) mass is 308 g/mol. The van der Waals surface area contributed by atoms with Crippen LogP contribution >= 0.6 is 0 Å². The molecule has 6 nitrogen and oxygen atoms in total. The topological polar surface area (TPSA) is 77.0 Å². The van der Waals surface area contributed by atoms with Gasteiger partial charge in [0.25, 0.3) is 0 Å². The number of hydrogen-bond acceptors (Lipinski definition) is 6. The molecule has 6 heteroatoms. The molecule has 0 saturated heterocycles. The summed E-state index contributed by atoms with van der Waals surface area (Å²) >= 11 is 0. The number of hydrogen-bond donors (Lipinski definition) is 1. The third kappa shape index (κ3) is 3.60. The van der Waals surface area contributed by atoms with Crippen LogP contribution < -0.4 is 5.32 Å². The number of carbonyl (C=O) groups is 1. The first-order chi connectivity index (χ1) is 11.2. The number of esters is 1. The molecule has 116 valence electrons. The van der Waals surface area contributed by atoms with Crippen molar-refractivity contribution < 1.29 is 9.53 Å². The summed E-state index contributed by atoms with van der Waals surface area (Å²) in [6.45, 7) is 2.13. The maximum atomic E-state index is 11.1. The van der Waals surface area contributed by atoms with E-state index < -0.39 is 0 Å². The normalized spacial score (nSPS) is 10.5. The molecule has 0 aliphatic rings. The third-order valence-corrected chi connectivity index (χ3v) is 3.42. The maximum Gasteiger partial charge on any atom is 0.302 e. The molecule has 3 aromatic rings.